The highest BCUT2D eigenvalue weighted by atomic mass is 16.3. The molecule has 1 heteroatoms. The van der Waals surface area contributed by atoms with E-state index in [-0.39, 0.29) is 6.10 Å². The van der Waals surface area contributed by atoms with Crippen LogP contribution in [0.5, 0.6) is 0 Å². The van der Waals surface area contributed by atoms with Gasteiger partial charge in [-0.15, -0.1) is 0 Å². The van der Waals surface area contributed by atoms with Crippen LogP contribution in [0.1, 0.15) is 92.9 Å². The van der Waals surface area contributed by atoms with Gasteiger partial charge in [0.1, 0.15) is 0 Å². The Bertz CT molecular complexity index is 659. The first-order chi connectivity index (χ1) is 13.7. The highest BCUT2D eigenvalue weighted by molar-refractivity contribution is 5.25. The van der Waals surface area contributed by atoms with Gasteiger partial charge in [-0.3, -0.25) is 0 Å². The van der Waals surface area contributed by atoms with Crippen LogP contribution < -0.4 is 0 Å². The summed E-state index contributed by atoms with van der Waals surface area (Å²) >= 11 is 0. The van der Waals surface area contributed by atoms with Gasteiger partial charge in [0.25, 0.3) is 0 Å². The Kier molecular flexibility index (Phi) is 5.86. The summed E-state index contributed by atoms with van der Waals surface area (Å²) in [5.41, 5.74) is 2.51. The maximum atomic E-state index is 10.2. The van der Waals surface area contributed by atoms with E-state index in [1.165, 1.54) is 38.5 Å². The molecule has 4 aliphatic carbocycles. The van der Waals surface area contributed by atoms with Crippen LogP contribution in [0.4, 0.5) is 0 Å². The quantitative estimate of drug-likeness (QED) is 0.489. The molecule has 1 unspecified atom stereocenters. The second-order valence-electron chi connectivity index (χ2n) is 12.2. The van der Waals surface area contributed by atoms with Crippen molar-refractivity contribution in [2.24, 2.45) is 52.3 Å². The third-order valence-electron chi connectivity index (χ3n) is 10.6. The van der Waals surface area contributed by atoms with E-state index >= 15 is 0 Å². The lowest BCUT2D eigenvalue weighted by atomic mass is 9.47. The van der Waals surface area contributed by atoms with E-state index in [4.69, 9.17) is 0 Å². The minimum Gasteiger partial charge on any atom is -0.393 e. The molecule has 0 amide bonds. The van der Waals surface area contributed by atoms with Gasteiger partial charge in [0, 0.05) is 0 Å². The first-order valence-electron chi connectivity index (χ1n) is 12.7. The van der Waals surface area contributed by atoms with E-state index in [1.54, 1.807) is 5.57 Å². The normalized spacial score (nSPS) is 46.8. The smallest absolute Gasteiger partial charge is 0.0577 e. The van der Waals surface area contributed by atoms with Crippen LogP contribution in [0.3, 0.4) is 0 Å². The van der Waals surface area contributed by atoms with Crippen molar-refractivity contribution in [3.8, 4) is 0 Å². The number of aliphatic hydroxyl groups is 1. The van der Waals surface area contributed by atoms with Crippen LogP contribution in [0.15, 0.2) is 23.8 Å². The lowest BCUT2D eigenvalue weighted by molar-refractivity contribution is -0.0540. The van der Waals surface area contributed by atoms with E-state index in [2.05, 4.69) is 59.8 Å². The Labute approximate surface area is 180 Å². The van der Waals surface area contributed by atoms with Gasteiger partial charge in [0.05, 0.1) is 6.10 Å². The van der Waals surface area contributed by atoms with Crippen LogP contribution in [-0.2, 0) is 0 Å². The zero-order valence-electron chi connectivity index (χ0n) is 20.0. The fourth-order valence-electron chi connectivity index (χ4n) is 8.25. The maximum Gasteiger partial charge on any atom is 0.0577 e. The van der Waals surface area contributed by atoms with Crippen molar-refractivity contribution in [3.63, 3.8) is 0 Å². The monoisotopic (exact) mass is 398 g/mol. The Hall–Kier alpha value is -0.560. The summed E-state index contributed by atoms with van der Waals surface area (Å²) in [6, 6.07) is 0. The molecule has 0 saturated heterocycles. The molecule has 0 aromatic rings. The first kappa shape index (κ1) is 21.7. The zero-order chi connectivity index (χ0) is 21.0. The Morgan fingerprint density at radius 1 is 0.966 bits per heavy atom. The second kappa shape index (κ2) is 7.85. The molecule has 3 fully saturated rings. The highest BCUT2D eigenvalue weighted by Crippen LogP contribution is 2.67. The molecular formula is C28H46O. The molecule has 4 rings (SSSR count). The molecule has 4 aliphatic rings. The number of fused-ring (bicyclic) bond motifs is 5. The molecule has 0 aromatic carbocycles. The van der Waals surface area contributed by atoms with Crippen molar-refractivity contribution in [1.82, 2.24) is 0 Å². The maximum absolute atomic E-state index is 10.2. The summed E-state index contributed by atoms with van der Waals surface area (Å²) in [7, 11) is 0. The Balaban J connectivity index is 1.53. The summed E-state index contributed by atoms with van der Waals surface area (Å²) in [5, 5.41) is 10.2. The van der Waals surface area contributed by atoms with Crippen molar-refractivity contribution in [2.75, 3.05) is 0 Å². The summed E-state index contributed by atoms with van der Waals surface area (Å²) in [5.74, 6) is 5.63. The third-order valence-corrected chi connectivity index (χ3v) is 10.6. The van der Waals surface area contributed by atoms with Crippen LogP contribution in [-0.4, -0.2) is 11.2 Å². The molecule has 3 saturated carbocycles. The number of rotatable bonds is 4. The molecule has 0 spiro atoms. The zero-order valence-corrected chi connectivity index (χ0v) is 20.0. The molecule has 0 aromatic heterocycles. The van der Waals surface area contributed by atoms with Crippen LogP contribution in [0, 0.1) is 52.3 Å². The number of hydrogen-bond acceptors (Lipinski definition) is 1. The fourth-order valence-corrected chi connectivity index (χ4v) is 8.25. The molecular weight excluding hydrogens is 352 g/mol. The molecule has 0 aliphatic heterocycles. The number of allylic oxidation sites excluding steroid dienone is 3. The standard InChI is InChI=1S/C28H46O/c1-18(2)19(3)7-8-20(4)24-11-12-25-23-10-9-21-17-22(29)13-15-27(21,5)26(23)14-16-28(24,25)6/h7-9,18-20,22-26,29H,10-17H2,1-6H3/b8-7+/t19?,20-,22+,23+,24-,25+,26+,27+,28-/m1/s1. The first-order valence-corrected chi connectivity index (χ1v) is 12.7. The molecule has 9 atom stereocenters. The molecule has 0 radical (unpaired) electrons. The minimum atomic E-state index is -0.0866. The van der Waals surface area contributed by atoms with Gasteiger partial charge in [0.2, 0.25) is 0 Å². The van der Waals surface area contributed by atoms with Gasteiger partial charge in [-0.05, 0) is 104 Å². The minimum absolute atomic E-state index is 0.0866. The Morgan fingerprint density at radius 3 is 2.45 bits per heavy atom. The van der Waals surface area contributed by atoms with Gasteiger partial charge in [-0.1, -0.05) is 65.3 Å². The lowest BCUT2D eigenvalue weighted by Gasteiger charge is -2.58. The number of hydrogen-bond donors (Lipinski definition) is 1. The van der Waals surface area contributed by atoms with Crippen LogP contribution in [0.25, 0.3) is 0 Å². The van der Waals surface area contributed by atoms with Crippen molar-refractivity contribution in [1.29, 1.82) is 0 Å². The lowest BCUT2D eigenvalue weighted by Crippen LogP contribution is -2.50. The van der Waals surface area contributed by atoms with Crippen molar-refractivity contribution < 1.29 is 5.11 Å². The summed E-state index contributed by atoms with van der Waals surface area (Å²) in [6.45, 7) is 14.7. The highest BCUT2D eigenvalue weighted by Gasteiger charge is 2.58. The predicted molar refractivity (Wildman–Crippen MR) is 124 cm³/mol. The largest absolute Gasteiger partial charge is 0.393 e. The van der Waals surface area contributed by atoms with Gasteiger partial charge >= 0.3 is 0 Å². The average molecular weight is 399 g/mol. The SMILES string of the molecule is CC(C)C(C)/C=C/[C@@H](C)[C@H]1CC[C@H]2[C@@H]3CC=C4C[C@@H](O)CC[C@]4(C)[C@H]3CC[C@]12C. The third kappa shape index (κ3) is 3.58. The topological polar surface area (TPSA) is 20.2 Å². The molecule has 29 heavy (non-hydrogen) atoms. The van der Waals surface area contributed by atoms with Crippen molar-refractivity contribution >= 4 is 0 Å². The van der Waals surface area contributed by atoms with E-state index < -0.39 is 0 Å². The van der Waals surface area contributed by atoms with E-state index in [0.717, 1.165) is 42.4 Å². The van der Waals surface area contributed by atoms with E-state index in [0.29, 0.717) is 22.7 Å². The fraction of sp³-hybridized carbons (Fsp3) is 0.857. The molecule has 0 bridgehead atoms. The van der Waals surface area contributed by atoms with E-state index in [1.807, 2.05) is 0 Å². The van der Waals surface area contributed by atoms with Crippen molar-refractivity contribution in [3.05, 3.63) is 23.8 Å². The van der Waals surface area contributed by atoms with Gasteiger partial charge in [0.15, 0.2) is 0 Å². The van der Waals surface area contributed by atoms with Crippen LogP contribution >= 0.6 is 0 Å². The second-order valence-corrected chi connectivity index (χ2v) is 12.2. The Morgan fingerprint density at radius 2 is 1.72 bits per heavy atom. The van der Waals surface area contributed by atoms with Gasteiger partial charge in [-0.2, -0.15) is 0 Å². The van der Waals surface area contributed by atoms with Gasteiger partial charge < -0.3 is 5.11 Å². The van der Waals surface area contributed by atoms with E-state index in [9.17, 15) is 5.11 Å². The average Bonchev–Trinajstić information content (AvgIpc) is 3.03. The number of aliphatic hydroxyl groups excluding tert-OH is 1. The molecule has 1 N–H and O–H groups in total. The van der Waals surface area contributed by atoms with Crippen molar-refractivity contribution in [2.45, 2.75) is 99.0 Å². The van der Waals surface area contributed by atoms with Crippen LogP contribution in [0.2, 0.25) is 0 Å². The molecule has 164 valence electrons. The molecule has 0 heterocycles. The summed E-state index contributed by atoms with van der Waals surface area (Å²) < 4.78 is 0. The summed E-state index contributed by atoms with van der Waals surface area (Å²) in [6.07, 6.45) is 17.7. The predicted octanol–water partition coefficient (Wildman–Crippen LogP) is 7.41. The molecule has 1 nitrogen and oxygen atoms in total. The summed E-state index contributed by atoms with van der Waals surface area (Å²) in [4.78, 5) is 0. The van der Waals surface area contributed by atoms with Gasteiger partial charge in [-0.25, -0.2) is 0 Å².